The molecule has 0 aliphatic carbocycles. The van der Waals surface area contributed by atoms with E-state index in [-0.39, 0.29) is 47.7 Å². The quantitative estimate of drug-likeness (QED) is 0.671. The predicted molar refractivity (Wildman–Crippen MR) is 129 cm³/mol. The smallest absolute Gasteiger partial charge is 0.253 e. The molecule has 1 aliphatic rings. The van der Waals surface area contributed by atoms with Crippen molar-refractivity contribution in [3.8, 4) is 5.75 Å². The molecule has 1 heterocycles. The molecule has 0 spiro atoms. The summed E-state index contributed by atoms with van der Waals surface area (Å²) >= 11 is 0. The summed E-state index contributed by atoms with van der Waals surface area (Å²) in [4.78, 5) is 14.4. The van der Waals surface area contributed by atoms with E-state index in [0.717, 1.165) is 5.56 Å². The lowest BCUT2D eigenvalue weighted by Gasteiger charge is -2.37. The van der Waals surface area contributed by atoms with Crippen molar-refractivity contribution in [3.05, 3.63) is 65.5 Å². The highest BCUT2D eigenvalue weighted by Crippen LogP contribution is 2.34. The molecule has 9 heteroatoms. The second-order valence-corrected chi connectivity index (χ2v) is 10.5. The lowest BCUT2D eigenvalue weighted by molar-refractivity contribution is 0.0563. The topological polar surface area (TPSA) is 87.2 Å². The first-order chi connectivity index (χ1) is 16.1. The Morgan fingerprint density at radius 3 is 2.71 bits per heavy atom. The number of aliphatic hydroxyl groups is 1. The molecule has 3 atom stereocenters. The van der Waals surface area contributed by atoms with Gasteiger partial charge in [-0.15, -0.1) is 0 Å². The minimum Gasteiger partial charge on any atom is -0.487 e. The van der Waals surface area contributed by atoms with E-state index >= 15 is 0 Å². The largest absolute Gasteiger partial charge is 0.487 e. The molecule has 34 heavy (non-hydrogen) atoms. The minimum absolute atomic E-state index is 0.0112. The van der Waals surface area contributed by atoms with Gasteiger partial charge in [0, 0.05) is 31.1 Å². The number of aliphatic hydroxyl groups excluding tert-OH is 1. The van der Waals surface area contributed by atoms with Crippen molar-refractivity contribution in [2.45, 2.75) is 37.8 Å². The average Bonchev–Trinajstić information content (AvgIpc) is 2.80. The minimum atomic E-state index is -3.93. The van der Waals surface area contributed by atoms with E-state index in [2.05, 4.69) is 0 Å². The van der Waals surface area contributed by atoms with Gasteiger partial charge in [0.2, 0.25) is 10.0 Å². The number of carbonyl (C=O) groups is 1. The lowest BCUT2D eigenvalue weighted by Crippen LogP contribution is -2.50. The number of hydrogen-bond acceptors (Lipinski definition) is 5. The average molecular weight is 491 g/mol. The third kappa shape index (κ3) is 5.48. The van der Waals surface area contributed by atoms with Crippen molar-refractivity contribution in [2.24, 2.45) is 5.92 Å². The highest BCUT2D eigenvalue weighted by Gasteiger charge is 2.38. The molecule has 0 aromatic heterocycles. The van der Waals surface area contributed by atoms with Crippen LogP contribution in [0.5, 0.6) is 5.75 Å². The van der Waals surface area contributed by atoms with E-state index in [4.69, 9.17) is 4.74 Å². The number of halogens is 1. The number of hydrogen-bond donors (Lipinski definition) is 1. The molecule has 0 radical (unpaired) electrons. The number of benzene rings is 2. The predicted octanol–water partition coefficient (Wildman–Crippen LogP) is 3.40. The fourth-order valence-corrected chi connectivity index (χ4v) is 5.78. The number of allylic oxidation sites excluding steroid dienone is 1. The SMILES string of the molecule is C/C=C/c1ccc2c(c1)O[C@@H](CN(C)C(=O)c1cccc(F)c1)[C@@H](C)CN([C@@H](C)CO)S2(=O)=O. The monoisotopic (exact) mass is 490 g/mol. The Morgan fingerprint density at radius 1 is 1.32 bits per heavy atom. The van der Waals surface area contributed by atoms with Gasteiger partial charge in [-0.1, -0.05) is 31.2 Å². The number of ether oxygens (including phenoxy) is 1. The highest BCUT2D eigenvalue weighted by molar-refractivity contribution is 7.89. The van der Waals surface area contributed by atoms with Gasteiger partial charge in [0.25, 0.3) is 5.91 Å². The van der Waals surface area contributed by atoms with Gasteiger partial charge in [-0.05, 0) is 49.7 Å². The Hall–Kier alpha value is -2.75. The normalized spacial score (nSPS) is 21.2. The van der Waals surface area contributed by atoms with Crippen LogP contribution < -0.4 is 4.74 Å². The standard InChI is InChI=1S/C25H31FN2O5S/c1-5-7-19-10-11-24-22(12-19)33-23(17(2)14-28(18(3)16-29)34(24,31)32)15-27(4)25(30)20-8-6-9-21(26)13-20/h5-13,17-18,23,29H,14-16H2,1-4H3/b7-5+/t17-,18-,23-/m0/s1. The molecule has 2 aromatic carbocycles. The van der Waals surface area contributed by atoms with E-state index in [1.165, 1.54) is 33.5 Å². The summed E-state index contributed by atoms with van der Waals surface area (Å²) in [6.45, 7) is 5.28. The van der Waals surface area contributed by atoms with Crippen molar-refractivity contribution in [2.75, 3.05) is 26.7 Å². The molecule has 0 bridgehead atoms. The van der Waals surface area contributed by atoms with Crippen molar-refractivity contribution >= 4 is 22.0 Å². The first-order valence-corrected chi connectivity index (χ1v) is 12.6. The summed E-state index contributed by atoms with van der Waals surface area (Å²) in [5.74, 6) is -0.994. The molecular formula is C25H31FN2O5S. The van der Waals surface area contributed by atoms with Crippen molar-refractivity contribution < 1.29 is 27.4 Å². The number of nitrogens with zero attached hydrogens (tertiary/aromatic N) is 2. The zero-order valence-electron chi connectivity index (χ0n) is 19.8. The van der Waals surface area contributed by atoms with Gasteiger partial charge in [-0.2, -0.15) is 4.31 Å². The van der Waals surface area contributed by atoms with E-state index < -0.39 is 28.0 Å². The van der Waals surface area contributed by atoms with Crippen LogP contribution in [0, 0.1) is 11.7 Å². The van der Waals surface area contributed by atoms with Crippen molar-refractivity contribution in [3.63, 3.8) is 0 Å². The van der Waals surface area contributed by atoms with Crippen LogP contribution >= 0.6 is 0 Å². The maximum absolute atomic E-state index is 13.6. The zero-order chi connectivity index (χ0) is 25.0. The van der Waals surface area contributed by atoms with E-state index in [0.29, 0.717) is 0 Å². The Labute approximate surface area is 200 Å². The summed E-state index contributed by atoms with van der Waals surface area (Å²) < 4.78 is 48.1. The number of sulfonamides is 1. The van der Waals surface area contributed by atoms with Gasteiger partial charge in [-0.3, -0.25) is 4.79 Å². The highest BCUT2D eigenvalue weighted by atomic mass is 32.2. The number of amides is 1. The molecule has 1 N–H and O–H groups in total. The maximum atomic E-state index is 13.6. The van der Waals surface area contributed by atoms with Gasteiger partial charge < -0.3 is 14.7 Å². The van der Waals surface area contributed by atoms with Gasteiger partial charge in [0.05, 0.1) is 13.2 Å². The summed E-state index contributed by atoms with van der Waals surface area (Å²) in [6.07, 6.45) is 3.12. The summed E-state index contributed by atoms with van der Waals surface area (Å²) in [7, 11) is -2.33. The zero-order valence-corrected chi connectivity index (χ0v) is 20.6. The van der Waals surface area contributed by atoms with Crippen LogP contribution in [0.25, 0.3) is 6.08 Å². The van der Waals surface area contributed by atoms with Gasteiger partial charge >= 0.3 is 0 Å². The second kappa shape index (κ2) is 10.7. The van der Waals surface area contributed by atoms with Crippen LogP contribution in [0.4, 0.5) is 4.39 Å². The van der Waals surface area contributed by atoms with E-state index in [1.54, 1.807) is 32.2 Å². The van der Waals surface area contributed by atoms with Crippen molar-refractivity contribution in [1.29, 1.82) is 0 Å². The first kappa shape index (κ1) is 25.9. The summed E-state index contributed by atoms with van der Waals surface area (Å²) in [5, 5.41) is 9.73. The molecule has 0 saturated heterocycles. The summed E-state index contributed by atoms with van der Waals surface area (Å²) in [6, 6.07) is 9.69. The number of carbonyl (C=O) groups excluding carboxylic acids is 1. The molecule has 1 aliphatic heterocycles. The second-order valence-electron chi connectivity index (χ2n) is 8.64. The van der Waals surface area contributed by atoms with E-state index in [1.807, 2.05) is 26.0 Å². The molecule has 3 rings (SSSR count). The molecule has 2 aromatic rings. The molecule has 0 saturated carbocycles. The molecule has 184 valence electrons. The van der Waals surface area contributed by atoms with Crippen LogP contribution in [0.1, 0.15) is 36.7 Å². The Balaban J connectivity index is 2.00. The fourth-order valence-electron chi connectivity index (χ4n) is 3.95. The van der Waals surface area contributed by atoms with Crippen LogP contribution in [0.3, 0.4) is 0 Å². The van der Waals surface area contributed by atoms with Gasteiger partial charge in [0.15, 0.2) is 0 Å². The van der Waals surface area contributed by atoms with Crippen molar-refractivity contribution in [1.82, 2.24) is 9.21 Å². The Morgan fingerprint density at radius 2 is 2.06 bits per heavy atom. The molecule has 0 unspecified atom stereocenters. The number of fused-ring (bicyclic) bond motifs is 1. The Kier molecular flexibility index (Phi) is 8.12. The maximum Gasteiger partial charge on any atom is 0.253 e. The number of rotatable bonds is 6. The molecule has 0 fully saturated rings. The van der Waals surface area contributed by atoms with Crippen LogP contribution in [-0.2, 0) is 10.0 Å². The Bertz CT molecular complexity index is 1170. The summed E-state index contributed by atoms with van der Waals surface area (Å²) in [5.41, 5.74) is 0.990. The first-order valence-electron chi connectivity index (χ1n) is 11.2. The fraction of sp³-hybridized carbons (Fsp3) is 0.400. The van der Waals surface area contributed by atoms with Crippen LogP contribution in [0.15, 0.2) is 53.4 Å². The lowest BCUT2D eigenvalue weighted by atomic mass is 10.0. The molecule has 1 amide bonds. The number of likely N-dealkylation sites (N-methyl/N-ethyl adjacent to an activating group) is 1. The van der Waals surface area contributed by atoms with Crippen LogP contribution in [0.2, 0.25) is 0 Å². The third-order valence-corrected chi connectivity index (χ3v) is 7.94. The third-order valence-electron chi connectivity index (χ3n) is 5.92. The van der Waals surface area contributed by atoms with Gasteiger partial charge in [0.1, 0.15) is 22.6 Å². The van der Waals surface area contributed by atoms with Crippen LogP contribution in [-0.4, -0.2) is 67.5 Å². The molecular weight excluding hydrogens is 459 g/mol. The van der Waals surface area contributed by atoms with Gasteiger partial charge in [-0.25, -0.2) is 12.8 Å². The van der Waals surface area contributed by atoms with E-state index in [9.17, 15) is 22.7 Å². The molecule has 7 nitrogen and oxygen atoms in total.